The largest absolute Gasteiger partial charge is 0.398 e. The number of rotatable bonds is 1. The van der Waals surface area contributed by atoms with E-state index >= 15 is 0 Å². The lowest BCUT2D eigenvalue weighted by Crippen LogP contribution is -2.28. The number of thiazole rings is 1. The highest BCUT2D eigenvalue weighted by atomic mass is 32.2. The molecule has 12 heteroatoms. The molecule has 3 rings (SSSR count). The Hall–Kier alpha value is -2.28. The van der Waals surface area contributed by atoms with Gasteiger partial charge in [0, 0.05) is 40.4 Å². The van der Waals surface area contributed by atoms with Gasteiger partial charge in [-0.1, -0.05) is 0 Å². The molecular formula is C13H8N2O6S4. The average Bonchev–Trinajstić information content (AvgIpc) is 3.06. The van der Waals surface area contributed by atoms with E-state index in [1.54, 1.807) is 5.38 Å². The van der Waals surface area contributed by atoms with Gasteiger partial charge in [-0.2, -0.15) is 25.3 Å². The molecule has 0 spiro atoms. The number of nitrogens with zero attached hydrogens (tertiary/aromatic N) is 1. The van der Waals surface area contributed by atoms with Gasteiger partial charge in [0.05, 0.1) is 9.73 Å². The molecule has 1 heterocycles. The Morgan fingerprint density at radius 3 is 2.20 bits per heavy atom. The zero-order valence-corrected chi connectivity index (χ0v) is 15.4. The van der Waals surface area contributed by atoms with Gasteiger partial charge in [0.15, 0.2) is 0 Å². The van der Waals surface area contributed by atoms with E-state index < -0.39 is 30.9 Å². The Labute approximate surface area is 150 Å². The highest BCUT2D eigenvalue weighted by Crippen LogP contribution is 2.37. The van der Waals surface area contributed by atoms with E-state index in [9.17, 15) is 25.3 Å². The van der Waals surface area contributed by atoms with E-state index in [2.05, 4.69) is 4.98 Å². The summed E-state index contributed by atoms with van der Waals surface area (Å²) in [4.78, 5) is 3.35. The third-order valence-corrected chi connectivity index (χ3v) is 6.45. The van der Waals surface area contributed by atoms with Crippen LogP contribution in [-0.4, -0.2) is 44.8 Å². The minimum Gasteiger partial charge on any atom is -0.398 e. The Bertz CT molecular complexity index is 1280. The third kappa shape index (κ3) is 3.04. The Morgan fingerprint density at radius 2 is 1.68 bits per heavy atom. The highest BCUT2D eigenvalue weighted by Gasteiger charge is 2.33. The van der Waals surface area contributed by atoms with Gasteiger partial charge < -0.3 is 5.73 Å². The van der Waals surface area contributed by atoms with Crippen molar-refractivity contribution in [1.29, 1.82) is 0 Å². The van der Waals surface area contributed by atoms with Crippen molar-refractivity contribution in [3.8, 4) is 0 Å². The second-order valence-corrected chi connectivity index (χ2v) is 8.64. The molecule has 0 radical (unpaired) electrons. The van der Waals surface area contributed by atoms with Gasteiger partial charge in [-0.25, -0.2) is 4.98 Å². The number of allylic oxidation sites excluding steroid dienone is 5. The summed E-state index contributed by atoms with van der Waals surface area (Å²) in [6.07, 6.45) is 3.43. The minimum atomic E-state index is -2.78. The van der Waals surface area contributed by atoms with Gasteiger partial charge in [0.25, 0.3) is 0 Å². The predicted octanol–water partition coefficient (Wildman–Crippen LogP) is -0.762. The molecule has 0 unspecified atom stereocenters. The van der Waals surface area contributed by atoms with Gasteiger partial charge >= 0.3 is 0 Å². The van der Waals surface area contributed by atoms with E-state index in [0.29, 0.717) is 5.01 Å². The molecule has 8 nitrogen and oxygen atoms in total. The van der Waals surface area contributed by atoms with Crippen LogP contribution in [0, 0.1) is 0 Å². The second kappa shape index (κ2) is 6.55. The van der Waals surface area contributed by atoms with Crippen LogP contribution < -0.4 is 5.73 Å². The fourth-order valence-electron chi connectivity index (χ4n) is 2.55. The molecule has 1 aromatic heterocycles. The maximum atomic E-state index is 11.7. The van der Waals surface area contributed by atoms with Crippen molar-refractivity contribution in [2.45, 2.75) is 6.42 Å². The summed E-state index contributed by atoms with van der Waals surface area (Å²) in [5.74, 6) is 0. The van der Waals surface area contributed by atoms with Gasteiger partial charge in [-0.05, 0) is 12.2 Å². The van der Waals surface area contributed by atoms with Crippen LogP contribution in [0.4, 0.5) is 0 Å². The van der Waals surface area contributed by atoms with Gasteiger partial charge in [0.2, 0.25) is 30.9 Å². The Morgan fingerprint density at radius 1 is 0.960 bits per heavy atom. The summed E-state index contributed by atoms with van der Waals surface area (Å²) in [6.45, 7) is 0. The van der Waals surface area contributed by atoms with Crippen molar-refractivity contribution in [3.05, 3.63) is 45.6 Å². The van der Waals surface area contributed by atoms with Crippen LogP contribution in [0.5, 0.6) is 0 Å². The number of hydrogen-bond acceptors (Lipinski definition) is 9. The summed E-state index contributed by atoms with van der Waals surface area (Å²) < 4.78 is 69.2. The van der Waals surface area contributed by atoms with Gasteiger partial charge in [-0.3, -0.25) is 0 Å². The molecule has 2 aliphatic rings. The second-order valence-electron chi connectivity index (χ2n) is 4.88. The van der Waals surface area contributed by atoms with Crippen molar-refractivity contribution in [2.75, 3.05) is 0 Å². The quantitative estimate of drug-likeness (QED) is 0.589. The first-order valence-corrected chi connectivity index (χ1v) is 10.6. The molecule has 0 saturated carbocycles. The van der Waals surface area contributed by atoms with Crippen molar-refractivity contribution in [2.24, 2.45) is 5.73 Å². The maximum Gasteiger partial charge on any atom is 0.222 e. The zero-order chi connectivity index (χ0) is 18.3. The van der Waals surface area contributed by atoms with Crippen LogP contribution in [0.2, 0.25) is 0 Å². The predicted molar refractivity (Wildman–Crippen MR) is 95.8 cm³/mol. The van der Waals surface area contributed by atoms with Crippen molar-refractivity contribution in [1.82, 2.24) is 4.98 Å². The summed E-state index contributed by atoms with van der Waals surface area (Å²) in [5, 5.41) is 2.06. The van der Waals surface area contributed by atoms with Crippen LogP contribution in [0.25, 0.3) is 5.57 Å². The van der Waals surface area contributed by atoms with Gasteiger partial charge in [-0.15, -0.1) is 11.3 Å². The lowest BCUT2D eigenvalue weighted by Gasteiger charge is -2.24. The van der Waals surface area contributed by atoms with Crippen LogP contribution in [0.1, 0.15) is 11.4 Å². The molecule has 0 aliphatic heterocycles. The van der Waals surface area contributed by atoms with Gasteiger partial charge in [0.1, 0.15) is 9.87 Å². The Balaban J connectivity index is 2.58. The van der Waals surface area contributed by atoms with E-state index in [4.69, 9.17) is 5.73 Å². The third-order valence-electron chi connectivity index (χ3n) is 3.52. The average molecular weight is 416 g/mol. The first kappa shape index (κ1) is 17.5. The number of fused-ring (bicyclic) bond motifs is 1. The summed E-state index contributed by atoms with van der Waals surface area (Å²) >= 11 is 1.20. The van der Waals surface area contributed by atoms with Crippen LogP contribution in [-0.2, 0) is 30.9 Å². The van der Waals surface area contributed by atoms with E-state index in [1.165, 1.54) is 17.5 Å². The molecule has 2 N–H and O–H groups in total. The van der Waals surface area contributed by atoms with E-state index in [1.807, 2.05) is 0 Å². The SMILES string of the molecule is NC1=CC(=S(=O)=O)C2=CC(=S(=O)=O)CC(=S(=O)=O)C2=C1c1nccs1. The molecule has 1 aromatic rings. The fraction of sp³-hybridized carbons (Fsp3) is 0.0769. The number of nitrogens with two attached hydrogens (primary N) is 1. The molecule has 130 valence electrons. The molecular weight excluding hydrogens is 408 g/mol. The first-order valence-electron chi connectivity index (χ1n) is 6.52. The summed E-state index contributed by atoms with van der Waals surface area (Å²) in [5.41, 5.74) is 6.31. The standard InChI is InChI=1S/C13H8N2O6S4/c14-8-5-9(24(18)19)7-3-6(23(16)17)4-10(25(20)21)11(7)12(8)13-15-1-2-22-13/h1-3,5H,4,14H2. The minimum absolute atomic E-state index is 0.0302. The van der Waals surface area contributed by atoms with E-state index in [-0.39, 0.29) is 43.4 Å². The van der Waals surface area contributed by atoms with Crippen LogP contribution in [0.15, 0.2) is 40.6 Å². The molecule has 0 amide bonds. The highest BCUT2D eigenvalue weighted by molar-refractivity contribution is 7.76. The smallest absolute Gasteiger partial charge is 0.222 e. The lowest BCUT2D eigenvalue weighted by atomic mass is 9.83. The molecule has 2 aliphatic carbocycles. The summed E-state index contributed by atoms with van der Waals surface area (Å²) in [7, 11) is -8.22. The first-order chi connectivity index (χ1) is 11.8. The fourth-order valence-corrected chi connectivity index (χ4v) is 5.04. The normalized spacial score (nSPS) is 17.0. The van der Waals surface area contributed by atoms with Crippen LogP contribution >= 0.6 is 11.3 Å². The molecule has 0 aromatic carbocycles. The molecule has 0 atom stereocenters. The zero-order valence-electron chi connectivity index (χ0n) is 12.1. The number of aromatic nitrogens is 1. The van der Waals surface area contributed by atoms with Crippen molar-refractivity contribution in [3.63, 3.8) is 0 Å². The lowest BCUT2D eigenvalue weighted by molar-refractivity contribution is 0.625. The van der Waals surface area contributed by atoms with Crippen molar-refractivity contribution < 1.29 is 25.3 Å². The molecule has 0 saturated heterocycles. The topological polar surface area (TPSA) is 141 Å². The molecule has 0 fully saturated rings. The molecule has 25 heavy (non-hydrogen) atoms. The summed E-state index contributed by atoms with van der Waals surface area (Å²) in [6, 6.07) is 0. The van der Waals surface area contributed by atoms with E-state index in [0.717, 1.165) is 12.2 Å². The van der Waals surface area contributed by atoms with Crippen molar-refractivity contribution >= 4 is 62.4 Å². The number of hydrogen-bond donors (Lipinski definition) is 1. The Kier molecular flexibility index (Phi) is 4.60. The van der Waals surface area contributed by atoms with Crippen LogP contribution in [0.3, 0.4) is 0 Å². The molecule has 0 bridgehead atoms. The monoisotopic (exact) mass is 416 g/mol. The maximum absolute atomic E-state index is 11.7.